The predicted molar refractivity (Wildman–Crippen MR) is 129 cm³/mol. The van der Waals surface area contributed by atoms with E-state index in [1.54, 1.807) is 15.7 Å². The Morgan fingerprint density at radius 3 is 2.59 bits per heavy atom. The van der Waals surface area contributed by atoms with Crippen LogP contribution in [0.5, 0.6) is 0 Å². The second kappa shape index (κ2) is 8.56. The van der Waals surface area contributed by atoms with Crippen LogP contribution in [0.15, 0.2) is 67.4 Å². The molecule has 0 bridgehead atoms. The highest BCUT2D eigenvalue weighted by Gasteiger charge is 2.15. The third-order valence-corrected chi connectivity index (χ3v) is 5.78. The molecule has 0 aliphatic carbocycles. The summed E-state index contributed by atoms with van der Waals surface area (Å²) in [5.74, 6) is 1.26. The highest BCUT2D eigenvalue weighted by Crippen LogP contribution is 2.24. The minimum atomic E-state index is 0.541. The number of benzene rings is 2. The van der Waals surface area contributed by atoms with Crippen LogP contribution in [0, 0.1) is 0 Å². The summed E-state index contributed by atoms with van der Waals surface area (Å²) in [5, 5.41) is 13.1. The van der Waals surface area contributed by atoms with Crippen molar-refractivity contribution in [2.75, 3.05) is 36.5 Å². The monoisotopic (exact) mass is 453 g/mol. The van der Waals surface area contributed by atoms with E-state index in [1.807, 2.05) is 56.0 Å². The number of ether oxygens (including phenoxy) is 1. The SMILES string of the molecule is Cn1cc(-c2ccc3cnc(Nc4ccc(-n5cnc(N6CCOCC6)n5)cc4)nc3c2)cn1. The van der Waals surface area contributed by atoms with Gasteiger partial charge in [-0.15, -0.1) is 5.10 Å². The summed E-state index contributed by atoms with van der Waals surface area (Å²) >= 11 is 0. The minimum absolute atomic E-state index is 0.541. The maximum absolute atomic E-state index is 5.40. The summed E-state index contributed by atoms with van der Waals surface area (Å²) in [6, 6.07) is 14.1. The summed E-state index contributed by atoms with van der Waals surface area (Å²) < 4.78 is 8.97. The zero-order valence-corrected chi connectivity index (χ0v) is 18.7. The van der Waals surface area contributed by atoms with Crippen LogP contribution in [0.1, 0.15) is 0 Å². The maximum Gasteiger partial charge on any atom is 0.245 e. The summed E-state index contributed by atoms with van der Waals surface area (Å²) in [5.41, 5.74) is 4.81. The Morgan fingerprint density at radius 1 is 0.941 bits per heavy atom. The number of hydrogen-bond acceptors (Lipinski definition) is 8. The van der Waals surface area contributed by atoms with Crippen molar-refractivity contribution in [2.45, 2.75) is 0 Å². The lowest BCUT2D eigenvalue weighted by Gasteiger charge is -2.25. The van der Waals surface area contributed by atoms with Crippen LogP contribution in [0.25, 0.3) is 27.7 Å². The van der Waals surface area contributed by atoms with E-state index in [9.17, 15) is 0 Å². The molecule has 5 aromatic rings. The second-order valence-electron chi connectivity index (χ2n) is 8.13. The van der Waals surface area contributed by atoms with E-state index in [0.717, 1.165) is 52.4 Å². The average Bonchev–Trinajstić information content (AvgIpc) is 3.54. The molecule has 1 N–H and O–H groups in total. The fraction of sp³-hybridized carbons (Fsp3) is 0.208. The summed E-state index contributed by atoms with van der Waals surface area (Å²) in [7, 11) is 1.91. The summed E-state index contributed by atoms with van der Waals surface area (Å²) in [6.07, 6.45) is 7.40. The topological polar surface area (TPSA) is 98.8 Å². The van der Waals surface area contributed by atoms with Gasteiger partial charge in [0.15, 0.2) is 0 Å². The lowest BCUT2D eigenvalue weighted by molar-refractivity contribution is 0.122. The zero-order chi connectivity index (χ0) is 22.9. The number of aryl methyl sites for hydroxylation is 1. The molecule has 1 aliphatic heterocycles. The molecule has 1 fully saturated rings. The first kappa shape index (κ1) is 20.3. The molecule has 34 heavy (non-hydrogen) atoms. The van der Waals surface area contributed by atoms with Crippen molar-refractivity contribution >= 4 is 28.5 Å². The molecule has 0 saturated carbocycles. The van der Waals surface area contributed by atoms with Gasteiger partial charge in [-0.1, -0.05) is 12.1 Å². The molecular formula is C24H23N9O. The van der Waals surface area contributed by atoms with E-state index in [1.165, 1.54) is 0 Å². The number of nitrogens with zero attached hydrogens (tertiary/aromatic N) is 8. The smallest absolute Gasteiger partial charge is 0.245 e. The first-order chi connectivity index (χ1) is 16.7. The number of fused-ring (bicyclic) bond motifs is 1. The molecule has 2 aromatic carbocycles. The van der Waals surface area contributed by atoms with Crippen LogP contribution in [-0.4, -0.2) is 60.8 Å². The number of aromatic nitrogens is 7. The van der Waals surface area contributed by atoms with Gasteiger partial charge in [0.2, 0.25) is 11.9 Å². The van der Waals surface area contributed by atoms with Gasteiger partial charge in [-0.25, -0.2) is 14.6 Å². The first-order valence-corrected chi connectivity index (χ1v) is 11.1. The Hall–Kier alpha value is -4.31. The molecule has 10 nitrogen and oxygen atoms in total. The van der Waals surface area contributed by atoms with E-state index in [4.69, 9.17) is 9.72 Å². The van der Waals surface area contributed by atoms with Gasteiger partial charge in [-0.3, -0.25) is 4.68 Å². The second-order valence-corrected chi connectivity index (χ2v) is 8.13. The normalized spacial score (nSPS) is 14.0. The Balaban J connectivity index is 1.19. The fourth-order valence-electron chi connectivity index (χ4n) is 3.95. The predicted octanol–water partition coefficient (Wildman–Crippen LogP) is 3.19. The molecule has 10 heteroatoms. The Morgan fingerprint density at radius 2 is 1.79 bits per heavy atom. The number of anilines is 3. The molecule has 1 saturated heterocycles. The Kier molecular flexibility index (Phi) is 5.11. The van der Waals surface area contributed by atoms with Crippen molar-refractivity contribution in [2.24, 2.45) is 7.05 Å². The lowest BCUT2D eigenvalue weighted by Crippen LogP contribution is -2.37. The van der Waals surface area contributed by atoms with Crippen molar-refractivity contribution < 1.29 is 4.74 Å². The molecule has 3 aromatic heterocycles. The van der Waals surface area contributed by atoms with Crippen molar-refractivity contribution in [3.05, 3.63) is 67.4 Å². The quantitative estimate of drug-likeness (QED) is 0.433. The van der Waals surface area contributed by atoms with Crippen LogP contribution >= 0.6 is 0 Å². The van der Waals surface area contributed by atoms with Crippen molar-refractivity contribution in [1.82, 2.24) is 34.5 Å². The maximum atomic E-state index is 5.40. The molecular weight excluding hydrogens is 430 g/mol. The molecule has 0 radical (unpaired) electrons. The van der Waals surface area contributed by atoms with E-state index < -0.39 is 0 Å². The van der Waals surface area contributed by atoms with E-state index in [-0.39, 0.29) is 0 Å². The standard InChI is InChI=1S/C24H23N9O/c1-31-15-19(14-27-31)17-2-3-18-13-25-23(29-22(18)12-17)28-20-4-6-21(7-5-20)33-16-26-24(30-33)32-8-10-34-11-9-32/h2-7,12-16H,8-11H2,1H3,(H,25,28,29). The highest BCUT2D eigenvalue weighted by molar-refractivity contribution is 5.84. The first-order valence-electron chi connectivity index (χ1n) is 11.1. The minimum Gasteiger partial charge on any atom is -0.378 e. The number of rotatable bonds is 5. The van der Waals surface area contributed by atoms with Crippen LogP contribution in [0.3, 0.4) is 0 Å². The summed E-state index contributed by atoms with van der Waals surface area (Å²) in [6.45, 7) is 3.03. The number of hydrogen-bond donors (Lipinski definition) is 1. The molecule has 4 heterocycles. The number of nitrogens with one attached hydrogen (secondary N) is 1. The van der Waals surface area contributed by atoms with Crippen molar-refractivity contribution in [3.63, 3.8) is 0 Å². The van der Waals surface area contributed by atoms with Crippen molar-refractivity contribution in [3.8, 4) is 16.8 Å². The molecule has 0 amide bonds. The van der Waals surface area contributed by atoms with Crippen molar-refractivity contribution in [1.29, 1.82) is 0 Å². The Bertz CT molecular complexity index is 1430. The van der Waals surface area contributed by atoms with Gasteiger partial charge < -0.3 is 15.0 Å². The van der Waals surface area contributed by atoms with Crippen LogP contribution in [0.2, 0.25) is 0 Å². The molecule has 6 rings (SSSR count). The van der Waals surface area contributed by atoms with Gasteiger partial charge in [-0.2, -0.15) is 10.1 Å². The van der Waals surface area contributed by atoms with Gasteiger partial charge in [0.25, 0.3) is 0 Å². The van der Waals surface area contributed by atoms with E-state index in [0.29, 0.717) is 19.2 Å². The van der Waals surface area contributed by atoms with Crippen LogP contribution < -0.4 is 10.2 Å². The van der Waals surface area contributed by atoms with Gasteiger partial charge in [0.05, 0.1) is 30.6 Å². The molecule has 0 spiro atoms. The van der Waals surface area contributed by atoms with Gasteiger partial charge >= 0.3 is 0 Å². The molecule has 0 unspecified atom stereocenters. The van der Waals surface area contributed by atoms with Gasteiger partial charge in [0, 0.05) is 49.2 Å². The third kappa shape index (κ3) is 4.06. The average molecular weight is 454 g/mol. The molecule has 0 atom stereocenters. The summed E-state index contributed by atoms with van der Waals surface area (Å²) in [4.78, 5) is 15.7. The van der Waals surface area contributed by atoms with E-state index in [2.05, 4.69) is 42.5 Å². The van der Waals surface area contributed by atoms with Gasteiger partial charge in [0.1, 0.15) is 6.33 Å². The largest absolute Gasteiger partial charge is 0.378 e. The van der Waals surface area contributed by atoms with Crippen LogP contribution in [-0.2, 0) is 11.8 Å². The number of morpholine rings is 1. The molecule has 1 aliphatic rings. The van der Waals surface area contributed by atoms with E-state index >= 15 is 0 Å². The fourth-order valence-corrected chi connectivity index (χ4v) is 3.95. The highest BCUT2D eigenvalue weighted by atomic mass is 16.5. The molecule has 170 valence electrons. The van der Waals surface area contributed by atoms with Crippen LogP contribution in [0.4, 0.5) is 17.6 Å². The lowest BCUT2D eigenvalue weighted by atomic mass is 10.1. The Labute approximate surface area is 195 Å². The zero-order valence-electron chi connectivity index (χ0n) is 18.7. The third-order valence-electron chi connectivity index (χ3n) is 5.78. The van der Waals surface area contributed by atoms with Gasteiger partial charge in [-0.05, 0) is 35.9 Å².